The molecule has 0 unspecified atom stereocenters. The van der Waals surface area contributed by atoms with E-state index in [1.54, 1.807) is 5.82 Å². The summed E-state index contributed by atoms with van der Waals surface area (Å²) in [6.45, 7) is 9.39. The Kier molecular flexibility index (Phi) is 30.5. The molecule has 1 heterocycles. The highest BCUT2D eigenvalue weighted by Crippen LogP contribution is 2.16. The second kappa shape index (κ2) is 32.6. The molecule has 0 bridgehead atoms. The topological polar surface area (TPSA) is 8.81 Å². The number of aromatic nitrogens is 2. The first-order valence-corrected chi connectivity index (χ1v) is 20.4. The lowest BCUT2D eigenvalue weighted by molar-refractivity contribution is -0.704. The van der Waals surface area contributed by atoms with Gasteiger partial charge < -0.3 is 0 Å². The standard InChI is InChI=1S/C41H81N2/c1-4-7-10-12-14-16-18-20-21-22-23-24-25-27-29-31-33-36-41-42(37-34-9-6-3)39-40-43(41)38-35-32-30-28-26-19-17-15-13-11-8-5-2/h39-40H,4-38H2,1-3H3/q+1. The third-order valence-electron chi connectivity index (χ3n) is 9.85. The average molecular weight is 602 g/mol. The van der Waals surface area contributed by atoms with Crippen LogP contribution in [0.15, 0.2) is 12.4 Å². The average Bonchev–Trinajstić information content (AvgIpc) is 3.40. The zero-order valence-corrected chi connectivity index (χ0v) is 30.3. The molecule has 1 aromatic heterocycles. The minimum atomic E-state index is 1.22. The zero-order valence-electron chi connectivity index (χ0n) is 30.3. The van der Waals surface area contributed by atoms with Crippen LogP contribution in [0.3, 0.4) is 0 Å². The van der Waals surface area contributed by atoms with Crippen molar-refractivity contribution >= 4 is 0 Å². The first-order valence-electron chi connectivity index (χ1n) is 20.4. The maximum atomic E-state index is 2.62. The van der Waals surface area contributed by atoms with Gasteiger partial charge in [-0.15, -0.1) is 0 Å². The van der Waals surface area contributed by atoms with Crippen molar-refractivity contribution in [3.63, 3.8) is 0 Å². The molecule has 0 aliphatic rings. The molecule has 0 aliphatic heterocycles. The van der Waals surface area contributed by atoms with Gasteiger partial charge in [0.1, 0.15) is 12.4 Å². The lowest BCUT2D eigenvalue weighted by Crippen LogP contribution is -2.37. The van der Waals surface area contributed by atoms with Crippen molar-refractivity contribution in [1.82, 2.24) is 4.57 Å². The van der Waals surface area contributed by atoms with Crippen molar-refractivity contribution in [2.45, 2.75) is 246 Å². The fourth-order valence-corrected chi connectivity index (χ4v) is 6.86. The summed E-state index contributed by atoms with van der Waals surface area (Å²) in [5.41, 5.74) is 0. The van der Waals surface area contributed by atoms with E-state index in [1.165, 1.54) is 225 Å². The Labute approximate surface area is 272 Å². The second-order valence-corrected chi connectivity index (χ2v) is 14.1. The molecule has 2 heteroatoms. The summed E-state index contributed by atoms with van der Waals surface area (Å²) >= 11 is 0. The van der Waals surface area contributed by atoms with Gasteiger partial charge in [-0.05, 0) is 32.1 Å². The van der Waals surface area contributed by atoms with Gasteiger partial charge in [0.05, 0.1) is 13.1 Å². The molecule has 0 aliphatic carbocycles. The van der Waals surface area contributed by atoms with Crippen LogP contribution in [0, 0.1) is 0 Å². The van der Waals surface area contributed by atoms with Crippen molar-refractivity contribution in [3.05, 3.63) is 18.2 Å². The summed E-state index contributed by atoms with van der Waals surface area (Å²) in [6.07, 6.45) is 51.9. The van der Waals surface area contributed by atoms with E-state index in [2.05, 4.69) is 42.3 Å². The normalized spacial score (nSPS) is 11.6. The van der Waals surface area contributed by atoms with E-state index in [0.29, 0.717) is 0 Å². The van der Waals surface area contributed by atoms with E-state index in [1.807, 2.05) is 0 Å². The fraction of sp³-hybridized carbons (Fsp3) is 0.927. The van der Waals surface area contributed by atoms with Crippen molar-refractivity contribution < 1.29 is 4.57 Å². The quantitative estimate of drug-likeness (QED) is 0.0540. The van der Waals surface area contributed by atoms with Crippen LogP contribution in [0.25, 0.3) is 0 Å². The second-order valence-electron chi connectivity index (χ2n) is 14.1. The molecular formula is C41H81N2+. The summed E-state index contributed by atoms with van der Waals surface area (Å²) < 4.78 is 5.22. The van der Waals surface area contributed by atoms with Gasteiger partial charge in [0.2, 0.25) is 0 Å². The predicted molar refractivity (Wildman–Crippen MR) is 193 cm³/mol. The highest BCUT2D eigenvalue weighted by molar-refractivity contribution is 4.84. The molecule has 0 saturated carbocycles. The van der Waals surface area contributed by atoms with Crippen LogP contribution in [0.5, 0.6) is 0 Å². The summed E-state index contributed by atoms with van der Waals surface area (Å²) in [4.78, 5) is 0. The Morgan fingerprint density at radius 3 is 1.12 bits per heavy atom. The molecule has 0 radical (unpaired) electrons. The maximum absolute atomic E-state index is 2.62. The van der Waals surface area contributed by atoms with E-state index < -0.39 is 0 Å². The Morgan fingerprint density at radius 1 is 0.395 bits per heavy atom. The molecule has 0 saturated heterocycles. The summed E-state index contributed by atoms with van der Waals surface area (Å²) in [7, 11) is 0. The van der Waals surface area contributed by atoms with Gasteiger partial charge in [0, 0.05) is 6.42 Å². The molecule has 0 fully saturated rings. The Morgan fingerprint density at radius 2 is 0.721 bits per heavy atom. The van der Waals surface area contributed by atoms with E-state index in [0.717, 1.165) is 0 Å². The van der Waals surface area contributed by atoms with Crippen LogP contribution in [-0.2, 0) is 19.5 Å². The molecule has 2 nitrogen and oxygen atoms in total. The summed E-state index contributed by atoms with van der Waals surface area (Å²) in [5.74, 6) is 1.61. The highest BCUT2D eigenvalue weighted by Gasteiger charge is 2.16. The number of aryl methyl sites for hydroxylation is 2. The van der Waals surface area contributed by atoms with Gasteiger partial charge >= 0.3 is 0 Å². The van der Waals surface area contributed by atoms with Crippen molar-refractivity contribution in [1.29, 1.82) is 0 Å². The molecule has 1 rings (SSSR count). The largest absolute Gasteiger partial charge is 0.256 e. The Hall–Kier alpha value is -0.790. The molecule has 43 heavy (non-hydrogen) atoms. The minimum Gasteiger partial charge on any atom is -0.234 e. The van der Waals surface area contributed by atoms with Crippen molar-refractivity contribution in [2.75, 3.05) is 0 Å². The number of unbranched alkanes of at least 4 members (excludes halogenated alkanes) is 29. The van der Waals surface area contributed by atoms with Crippen LogP contribution < -0.4 is 4.57 Å². The first-order chi connectivity index (χ1) is 21.3. The van der Waals surface area contributed by atoms with Gasteiger partial charge in [-0.1, -0.05) is 194 Å². The summed E-state index contributed by atoms with van der Waals surface area (Å²) in [5, 5.41) is 0. The number of hydrogen-bond acceptors (Lipinski definition) is 0. The highest BCUT2D eigenvalue weighted by atomic mass is 15.1. The Balaban J connectivity index is 2.10. The number of imidazole rings is 1. The lowest BCUT2D eigenvalue weighted by Gasteiger charge is -2.07. The van der Waals surface area contributed by atoms with Gasteiger partial charge in [-0.3, -0.25) is 0 Å². The number of hydrogen-bond donors (Lipinski definition) is 0. The number of rotatable bonds is 35. The van der Waals surface area contributed by atoms with Gasteiger partial charge in [0.25, 0.3) is 5.82 Å². The van der Waals surface area contributed by atoms with E-state index in [9.17, 15) is 0 Å². The van der Waals surface area contributed by atoms with Gasteiger partial charge in [0.15, 0.2) is 0 Å². The fourth-order valence-electron chi connectivity index (χ4n) is 6.86. The van der Waals surface area contributed by atoms with Gasteiger partial charge in [-0.2, -0.15) is 0 Å². The minimum absolute atomic E-state index is 1.22. The monoisotopic (exact) mass is 602 g/mol. The van der Waals surface area contributed by atoms with Crippen LogP contribution in [-0.4, -0.2) is 4.57 Å². The van der Waals surface area contributed by atoms with Crippen molar-refractivity contribution in [2.24, 2.45) is 0 Å². The SMILES string of the molecule is CCCCCCCCCCCCCCCCCCCc1n(CCCCCCCCCCCCCC)cc[n+]1CCCCC. The molecule has 254 valence electrons. The molecule has 0 N–H and O–H groups in total. The smallest absolute Gasteiger partial charge is 0.234 e. The van der Waals surface area contributed by atoms with Crippen LogP contribution in [0.4, 0.5) is 0 Å². The van der Waals surface area contributed by atoms with Crippen LogP contribution >= 0.6 is 0 Å². The first kappa shape index (κ1) is 40.2. The Bertz CT molecular complexity index is 663. The summed E-state index contributed by atoms with van der Waals surface area (Å²) in [6, 6.07) is 0. The molecule has 0 spiro atoms. The van der Waals surface area contributed by atoms with E-state index in [-0.39, 0.29) is 0 Å². The third-order valence-corrected chi connectivity index (χ3v) is 9.85. The third kappa shape index (κ3) is 25.1. The molecule has 0 atom stereocenters. The lowest BCUT2D eigenvalue weighted by atomic mass is 10.0. The van der Waals surface area contributed by atoms with E-state index in [4.69, 9.17) is 0 Å². The van der Waals surface area contributed by atoms with Gasteiger partial charge in [-0.25, -0.2) is 9.13 Å². The van der Waals surface area contributed by atoms with E-state index >= 15 is 0 Å². The van der Waals surface area contributed by atoms with Crippen molar-refractivity contribution in [3.8, 4) is 0 Å². The van der Waals surface area contributed by atoms with Crippen LogP contribution in [0.1, 0.15) is 232 Å². The molecule has 1 aromatic rings. The molecule has 0 amide bonds. The molecule has 0 aromatic carbocycles. The predicted octanol–water partition coefficient (Wildman–Crippen LogP) is 13.9. The number of nitrogens with zero attached hydrogens (tertiary/aromatic N) is 2. The van der Waals surface area contributed by atoms with Crippen LogP contribution in [0.2, 0.25) is 0 Å². The zero-order chi connectivity index (χ0) is 30.9. The molecular weight excluding hydrogens is 520 g/mol. The maximum Gasteiger partial charge on any atom is 0.256 e.